The molecule has 0 unspecified atom stereocenters. The average molecular weight is 370 g/mol. The van der Waals surface area contributed by atoms with Gasteiger partial charge in [0.25, 0.3) is 5.91 Å². The van der Waals surface area contributed by atoms with Crippen LogP contribution >= 0.6 is 0 Å². The Hall–Kier alpha value is -2.01. The Kier molecular flexibility index (Phi) is 5.39. The van der Waals surface area contributed by atoms with Crippen molar-refractivity contribution in [1.82, 2.24) is 10.2 Å². The maximum atomic E-state index is 13.1. The molecule has 2 N–H and O–H groups in total. The minimum absolute atomic E-state index is 0.0661. The summed E-state index contributed by atoms with van der Waals surface area (Å²) in [5.41, 5.74) is 2.10. The van der Waals surface area contributed by atoms with Crippen LogP contribution in [-0.2, 0) is 6.54 Å². The Morgan fingerprint density at radius 1 is 1.15 bits per heavy atom. The number of aromatic hydroxyl groups is 1. The third-order valence-electron chi connectivity index (χ3n) is 6.11. The smallest absolute Gasteiger partial charge is 0.255 e. The number of phenolic OH excluding ortho intramolecular Hbond substituents is 1. The van der Waals surface area contributed by atoms with Gasteiger partial charge in [0, 0.05) is 23.5 Å². The second-order valence-electron chi connectivity index (χ2n) is 8.11. The molecule has 1 saturated heterocycles. The van der Waals surface area contributed by atoms with E-state index in [1.807, 2.05) is 6.92 Å². The summed E-state index contributed by atoms with van der Waals surface area (Å²) >= 11 is 0. The monoisotopic (exact) mass is 370 g/mol. The molecule has 2 heterocycles. The molecule has 27 heavy (non-hydrogen) atoms. The number of aryl methyl sites for hydroxylation is 1. The maximum absolute atomic E-state index is 13.1. The number of hydrogen-bond donors (Lipinski definition) is 2. The first kappa shape index (κ1) is 18.4. The third kappa shape index (κ3) is 3.84. The molecule has 1 aromatic heterocycles. The topological polar surface area (TPSA) is 65.7 Å². The van der Waals surface area contributed by atoms with Crippen LogP contribution in [0.1, 0.15) is 73.0 Å². The number of amides is 1. The van der Waals surface area contributed by atoms with Crippen molar-refractivity contribution < 1.29 is 14.3 Å². The van der Waals surface area contributed by atoms with Crippen LogP contribution < -0.4 is 5.32 Å². The second kappa shape index (κ2) is 7.93. The van der Waals surface area contributed by atoms with Gasteiger partial charge in [0.1, 0.15) is 17.1 Å². The summed E-state index contributed by atoms with van der Waals surface area (Å²) in [5, 5.41) is 14.6. The third-order valence-corrected chi connectivity index (χ3v) is 6.11. The lowest BCUT2D eigenvalue weighted by Gasteiger charge is -2.27. The highest BCUT2D eigenvalue weighted by atomic mass is 16.3. The van der Waals surface area contributed by atoms with Crippen molar-refractivity contribution in [2.24, 2.45) is 0 Å². The van der Waals surface area contributed by atoms with Crippen molar-refractivity contribution in [3.8, 4) is 5.75 Å². The van der Waals surface area contributed by atoms with Gasteiger partial charge in [0.2, 0.25) is 0 Å². The van der Waals surface area contributed by atoms with Gasteiger partial charge in [0.05, 0.1) is 5.56 Å². The van der Waals surface area contributed by atoms with Crippen molar-refractivity contribution >= 4 is 16.9 Å². The molecule has 1 aliphatic carbocycles. The first-order valence-electron chi connectivity index (χ1n) is 10.4. The summed E-state index contributed by atoms with van der Waals surface area (Å²) in [6, 6.07) is 3.71. The fraction of sp³-hybridized carbons (Fsp3) is 0.591. The van der Waals surface area contributed by atoms with Crippen LogP contribution in [-0.4, -0.2) is 35.0 Å². The van der Waals surface area contributed by atoms with Crippen molar-refractivity contribution in [2.45, 2.75) is 70.9 Å². The van der Waals surface area contributed by atoms with Gasteiger partial charge in [-0.25, -0.2) is 0 Å². The van der Waals surface area contributed by atoms with E-state index in [4.69, 9.17) is 4.42 Å². The molecule has 2 fully saturated rings. The largest absolute Gasteiger partial charge is 0.508 e. The molecule has 0 atom stereocenters. The predicted molar refractivity (Wildman–Crippen MR) is 106 cm³/mol. The van der Waals surface area contributed by atoms with Crippen molar-refractivity contribution in [3.05, 3.63) is 29.0 Å². The highest BCUT2D eigenvalue weighted by Crippen LogP contribution is 2.35. The summed E-state index contributed by atoms with van der Waals surface area (Å²) in [7, 11) is 0. The zero-order valence-electron chi connectivity index (χ0n) is 16.2. The Bertz CT molecular complexity index is 815. The molecular formula is C22H30N2O3. The van der Waals surface area contributed by atoms with E-state index in [1.54, 1.807) is 12.1 Å². The van der Waals surface area contributed by atoms with Gasteiger partial charge in [-0.3, -0.25) is 9.69 Å². The Labute approximate surface area is 160 Å². The van der Waals surface area contributed by atoms with E-state index in [9.17, 15) is 9.90 Å². The van der Waals surface area contributed by atoms with Crippen LogP contribution in [0.5, 0.6) is 5.75 Å². The number of nitrogens with zero attached hydrogens (tertiary/aromatic N) is 1. The van der Waals surface area contributed by atoms with Gasteiger partial charge in [0.15, 0.2) is 0 Å². The molecule has 146 valence electrons. The molecule has 5 nitrogen and oxygen atoms in total. The minimum atomic E-state index is -0.0661. The van der Waals surface area contributed by atoms with E-state index in [1.165, 1.54) is 38.5 Å². The van der Waals surface area contributed by atoms with E-state index < -0.39 is 0 Å². The summed E-state index contributed by atoms with van der Waals surface area (Å²) in [4.78, 5) is 15.5. The second-order valence-corrected chi connectivity index (χ2v) is 8.11. The number of fused-ring (bicyclic) bond motifs is 1. The lowest BCUT2D eigenvalue weighted by Crippen LogP contribution is -2.36. The number of benzene rings is 1. The molecule has 0 bridgehead atoms. The Balaban J connectivity index is 1.67. The summed E-state index contributed by atoms with van der Waals surface area (Å²) in [6.07, 6.45) is 9.36. The number of likely N-dealkylation sites (tertiary alicyclic amines) is 1. The maximum Gasteiger partial charge on any atom is 0.255 e. The number of phenols is 1. The van der Waals surface area contributed by atoms with E-state index in [0.717, 1.165) is 36.9 Å². The number of piperidine rings is 1. The fourth-order valence-corrected chi connectivity index (χ4v) is 4.65. The Morgan fingerprint density at radius 3 is 2.59 bits per heavy atom. The lowest BCUT2D eigenvalue weighted by atomic mass is 9.95. The van der Waals surface area contributed by atoms with Crippen molar-refractivity contribution in [1.29, 1.82) is 0 Å². The summed E-state index contributed by atoms with van der Waals surface area (Å²) in [5.74, 6) is 0.813. The molecule has 1 saturated carbocycles. The van der Waals surface area contributed by atoms with Crippen LogP contribution in [0.15, 0.2) is 16.5 Å². The quantitative estimate of drug-likeness (QED) is 0.832. The number of rotatable bonds is 4. The van der Waals surface area contributed by atoms with Crippen molar-refractivity contribution in [3.63, 3.8) is 0 Å². The number of hydrogen-bond acceptors (Lipinski definition) is 4. The number of furan rings is 1. The van der Waals surface area contributed by atoms with Gasteiger partial charge in [-0.15, -0.1) is 0 Å². The van der Waals surface area contributed by atoms with Crippen LogP contribution in [0.2, 0.25) is 0 Å². The van der Waals surface area contributed by atoms with Gasteiger partial charge < -0.3 is 14.8 Å². The van der Waals surface area contributed by atoms with Crippen LogP contribution in [0.25, 0.3) is 11.0 Å². The predicted octanol–water partition coefficient (Wildman–Crippen LogP) is 4.50. The summed E-state index contributed by atoms with van der Waals surface area (Å²) < 4.78 is 5.90. The molecule has 4 rings (SSSR count). The van der Waals surface area contributed by atoms with E-state index >= 15 is 0 Å². The first-order valence-corrected chi connectivity index (χ1v) is 10.4. The van der Waals surface area contributed by atoms with E-state index in [2.05, 4.69) is 10.2 Å². The molecule has 1 amide bonds. The highest BCUT2D eigenvalue weighted by molar-refractivity contribution is 6.09. The zero-order valence-corrected chi connectivity index (χ0v) is 16.2. The number of nitrogens with one attached hydrogen (secondary N) is 1. The Morgan fingerprint density at radius 2 is 1.85 bits per heavy atom. The van der Waals surface area contributed by atoms with Crippen molar-refractivity contribution in [2.75, 3.05) is 13.1 Å². The molecule has 1 aromatic carbocycles. The standard InChI is InChI=1S/C22H30N2O3/c1-15-20(22(26)23-16-8-4-2-5-9-16)21-17(14-24-12-6-3-7-13-24)18(25)10-11-19(21)27-15/h10-11,16,25H,2-9,12-14H2,1H3,(H,23,26). The van der Waals surface area contributed by atoms with Gasteiger partial charge >= 0.3 is 0 Å². The highest BCUT2D eigenvalue weighted by Gasteiger charge is 2.26. The van der Waals surface area contributed by atoms with Gasteiger partial charge in [-0.2, -0.15) is 0 Å². The molecule has 2 aromatic rings. The molecule has 0 radical (unpaired) electrons. The normalized spacial score (nSPS) is 19.4. The average Bonchev–Trinajstić information content (AvgIpc) is 3.02. The fourth-order valence-electron chi connectivity index (χ4n) is 4.65. The molecule has 1 aliphatic heterocycles. The number of carbonyl (C=O) groups is 1. The first-order chi connectivity index (χ1) is 13.1. The number of carbonyl (C=O) groups excluding carboxylic acids is 1. The summed E-state index contributed by atoms with van der Waals surface area (Å²) in [6.45, 7) is 4.58. The molecule has 0 spiro atoms. The van der Waals surface area contributed by atoms with Gasteiger partial charge in [-0.1, -0.05) is 25.7 Å². The van der Waals surface area contributed by atoms with E-state index in [-0.39, 0.29) is 17.7 Å². The van der Waals surface area contributed by atoms with E-state index in [0.29, 0.717) is 23.5 Å². The van der Waals surface area contributed by atoms with Crippen LogP contribution in [0.4, 0.5) is 0 Å². The lowest BCUT2D eigenvalue weighted by molar-refractivity contribution is 0.0927. The SMILES string of the molecule is Cc1oc2ccc(O)c(CN3CCCCC3)c2c1C(=O)NC1CCCCC1. The minimum Gasteiger partial charge on any atom is -0.508 e. The van der Waals surface area contributed by atoms with Gasteiger partial charge in [-0.05, 0) is 57.8 Å². The molecule has 2 aliphatic rings. The molecular weight excluding hydrogens is 340 g/mol. The van der Waals surface area contributed by atoms with Crippen LogP contribution in [0.3, 0.4) is 0 Å². The zero-order chi connectivity index (χ0) is 18.8. The molecule has 5 heteroatoms. The van der Waals surface area contributed by atoms with Crippen LogP contribution in [0, 0.1) is 6.92 Å².